The maximum Gasteiger partial charge on any atom is 0.573 e. The molecular formula is C28H32F6N2O4. The molecule has 2 fully saturated rings. The van der Waals surface area contributed by atoms with Crippen molar-refractivity contribution in [2.45, 2.75) is 43.9 Å². The van der Waals surface area contributed by atoms with E-state index in [-0.39, 0.29) is 24.4 Å². The molecule has 0 bridgehead atoms. The molecule has 2 aromatic rings. The average molecular weight is 575 g/mol. The highest BCUT2D eigenvalue weighted by Crippen LogP contribution is 2.51. The van der Waals surface area contributed by atoms with E-state index in [0.717, 1.165) is 34.7 Å². The number of hydrogen-bond donors (Lipinski definition) is 1. The Morgan fingerprint density at radius 1 is 1.02 bits per heavy atom. The lowest BCUT2D eigenvalue weighted by Crippen LogP contribution is -2.53. The van der Waals surface area contributed by atoms with Crippen molar-refractivity contribution in [3.8, 4) is 11.5 Å². The number of alkyl halides is 5. The quantitative estimate of drug-likeness (QED) is 0.312. The van der Waals surface area contributed by atoms with Crippen molar-refractivity contribution in [2.24, 2.45) is 5.41 Å². The first kappa shape index (κ1) is 30.0. The second kappa shape index (κ2) is 12.3. The summed E-state index contributed by atoms with van der Waals surface area (Å²) in [6, 6.07) is 8.15. The molecule has 0 radical (unpaired) electrons. The number of ether oxygens (including phenoxy) is 3. The van der Waals surface area contributed by atoms with Gasteiger partial charge in [-0.1, -0.05) is 18.2 Å². The zero-order valence-corrected chi connectivity index (χ0v) is 22.0. The minimum Gasteiger partial charge on any atom is -0.493 e. The molecule has 2 aliphatic rings. The number of methoxy groups -OCH3 is 1. The fourth-order valence-corrected chi connectivity index (χ4v) is 5.73. The summed E-state index contributed by atoms with van der Waals surface area (Å²) in [4.78, 5) is 14.0. The third-order valence-corrected chi connectivity index (χ3v) is 7.75. The Balaban J connectivity index is 1.52. The first-order valence-corrected chi connectivity index (χ1v) is 13.1. The molecule has 40 heavy (non-hydrogen) atoms. The predicted molar refractivity (Wildman–Crippen MR) is 134 cm³/mol. The van der Waals surface area contributed by atoms with Crippen LogP contribution in [0.2, 0.25) is 0 Å². The number of nitrogens with one attached hydrogen (secondary N) is 1. The number of carbonyl (C=O) groups is 1. The molecule has 1 spiro atoms. The van der Waals surface area contributed by atoms with Gasteiger partial charge >= 0.3 is 12.3 Å². The van der Waals surface area contributed by atoms with Gasteiger partial charge in [-0.15, -0.1) is 13.2 Å². The molecule has 0 aromatic heterocycles. The minimum absolute atomic E-state index is 0.00155. The Morgan fingerprint density at radius 2 is 1.75 bits per heavy atom. The lowest BCUT2D eigenvalue weighted by Gasteiger charge is -2.50. The number of piperidine rings is 2. The number of para-hydroxylation sites is 1. The Bertz CT molecular complexity index is 1170. The van der Waals surface area contributed by atoms with Crippen molar-refractivity contribution in [3.63, 3.8) is 0 Å². The Kier molecular flexibility index (Phi) is 9.19. The van der Waals surface area contributed by atoms with Gasteiger partial charge < -0.3 is 24.4 Å². The summed E-state index contributed by atoms with van der Waals surface area (Å²) >= 11 is 0. The molecule has 1 atom stereocenters. The van der Waals surface area contributed by atoms with Gasteiger partial charge in [-0.25, -0.2) is 4.39 Å². The van der Waals surface area contributed by atoms with Gasteiger partial charge in [0.25, 0.3) is 5.91 Å². The zero-order valence-electron chi connectivity index (χ0n) is 22.0. The van der Waals surface area contributed by atoms with Crippen LogP contribution >= 0.6 is 0 Å². The van der Waals surface area contributed by atoms with E-state index in [4.69, 9.17) is 9.47 Å². The minimum atomic E-state index is -5.19. The summed E-state index contributed by atoms with van der Waals surface area (Å²) in [5.41, 5.74) is -0.704. The normalized spacial score (nSPS) is 19.5. The number of benzene rings is 2. The molecule has 0 unspecified atom stereocenters. The molecule has 0 saturated carbocycles. The third kappa shape index (κ3) is 6.65. The van der Waals surface area contributed by atoms with Crippen LogP contribution in [0.5, 0.6) is 11.5 Å². The molecule has 4 rings (SSSR count). The molecule has 1 N–H and O–H groups in total. The van der Waals surface area contributed by atoms with Gasteiger partial charge in [0.2, 0.25) is 0 Å². The molecule has 2 aliphatic heterocycles. The molecule has 1 amide bonds. The van der Waals surface area contributed by atoms with Gasteiger partial charge in [0.1, 0.15) is 17.3 Å². The standard InChI is InChI=1S/C28H32F6N2O4/c1-38-15-4-16-39-24-17-19(29)7-8-20(24)22-18-35-12-9-26(22)10-13-36(14-11-26)25(37)27(30,31)21-5-2-3-6-23(21)40-28(32,33)34/h2-3,5-8,17,22,35H,4,9-16,18H2,1H3/t22-/m1/s1. The highest BCUT2D eigenvalue weighted by molar-refractivity contribution is 5.85. The van der Waals surface area contributed by atoms with E-state index in [1.807, 2.05) is 0 Å². The van der Waals surface area contributed by atoms with Crippen LogP contribution in [0.1, 0.15) is 42.7 Å². The van der Waals surface area contributed by atoms with Crippen LogP contribution in [0.25, 0.3) is 0 Å². The van der Waals surface area contributed by atoms with Crippen molar-refractivity contribution < 1.29 is 45.3 Å². The molecule has 2 saturated heterocycles. The Morgan fingerprint density at radius 3 is 2.45 bits per heavy atom. The van der Waals surface area contributed by atoms with Crippen LogP contribution in [0.4, 0.5) is 26.3 Å². The predicted octanol–water partition coefficient (Wildman–Crippen LogP) is 5.62. The van der Waals surface area contributed by atoms with Crippen molar-refractivity contribution in [1.82, 2.24) is 10.2 Å². The van der Waals surface area contributed by atoms with Crippen molar-refractivity contribution in [3.05, 3.63) is 59.4 Å². The second-order valence-electron chi connectivity index (χ2n) is 10.2. The number of halogens is 6. The highest BCUT2D eigenvalue weighted by Gasteiger charge is 2.51. The number of likely N-dealkylation sites (tertiary alicyclic amines) is 1. The monoisotopic (exact) mass is 574 g/mol. The SMILES string of the molecule is COCCCOc1cc(F)ccc1[C@H]1CNCCC12CCN(C(=O)C(F)(F)c1ccccc1OC(F)(F)F)CC2. The van der Waals surface area contributed by atoms with Crippen LogP contribution in [0.3, 0.4) is 0 Å². The molecule has 0 aliphatic carbocycles. The molecule has 6 nitrogen and oxygen atoms in total. The number of carbonyl (C=O) groups excluding carboxylic acids is 1. The van der Waals surface area contributed by atoms with Crippen molar-refractivity contribution >= 4 is 5.91 Å². The topological polar surface area (TPSA) is 60.0 Å². The van der Waals surface area contributed by atoms with Crippen LogP contribution in [-0.2, 0) is 15.5 Å². The van der Waals surface area contributed by atoms with Gasteiger partial charge in [0.15, 0.2) is 0 Å². The van der Waals surface area contributed by atoms with Gasteiger partial charge in [-0.05, 0) is 55.0 Å². The van der Waals surface area contributed by atoms with E-state index in [1.165, 1.54) is 12.1 Å². The summed E-state index contributed by atoms with van der Waals surface area (Å²) in [5, 5.41) is 3.35. The smallest absolute Gasteiger partial charge is 0.493 e. The molecule has 2 aromatic carbocycles. The second-order valence-corrected chi connectivity index (χ2v) is 10.2. The first-order chi connectivity index (χ1) is 19.0. The van der Waals surface area contributed by atoms with E-state index >= 15 is 8.78 Å². The zero-order chi connectivity index (χ0) is 29.0. The molecular weight excluding hydrogens is 542 g/mol. The third-order valence-electron chi connectivity index (χ3n) is 7.75. The van der Waals surface area contributed by atoms with Crippen molar-refractivity contribution in [2.75, 3.05) is 46.5 Å². The summed E-state index contributed by atoms with van der Waals surface area (Å²) in [6.45, 7) is 2.06. The number of nitrogens with zero attached hydrogens (tertiary/aromatic N) is 1. The molecule has 12 heteroatoms. The van der Waals surface area contributed by atoms with Crippen LogP contribution in [0, 0.1) is 11.2 Å². The summed E-state index contributed by atoms with van der Waals surface area (Å²) < 4.78 is 97.8. The van der Waals surface area contributed by atoms with Gasteiger partial charge in [-0.3, -0.25) is 4.79 Å². The Labute approximate surface area is 228 Å². The van der Waals surface area contributed by atoms with Gasteiger partial charge in [0, 0.05) is 51.8 Å². The fraction of sp³-hybridized carbons (Fsp3) is 0.536. The van der Waals surface area contributed by atoms with Gasteiger partial charge in [0.05, 0.1) is 12.2 Å². The number of hydrogen-bond acceptors (Lipinski definition) is 5. The molecule has 2 heterocycles. The van der Waals surface area contributed by atoms with E-state index in [1.54, 1.807) is 13.2 Å². The summed E-state index contributed by atoms with van der Waals surface area (Å²) in [5.74, 6) is -7.07. The Hall–Kier alpha value is -2.99. The van der Waals surface area contributed by atoms with Crippen molar-refractivity contribution in [1.29, 1.82) is 0 Å². The maximum atomic E-state index is 15.3. The van der Waals surface area contributed by atoms with E-state index in [9.17, 15) is 22.4 Å². The molecule has 220 valence electrons. The lowest BCUT2D eigenvalue weighted by atomic mass is 9.62. The van der Waals surface area contributed by atoms with Gasteiger partial charge in [-0.2, -0.15) is 8.78 Å². The van der Waals surface area contributed by atoms with Crippen LogP contribution in [0.15, 0.2) is 42.5 Å². The number of amides is 1. The van der Waals surface area contributed by atoms with Crippen LogP contribution < -0.4 is 14.8 Å². The van der Waals surface area contributed by atoms with Crippen LogP contribution in [-0.4, -0.2) is 63.7 Å². The first-order valence-electron chi connectivity index (χ1n) is 13.1. The lowest BCUT2D eigenvalue weighted by molar-refractivity contribution is -0.275. The fourth-order valence-electron chi connectivity index (χ4n) is 5.73. The average Bonchev–Trinajstić information content (AvgIpc) is 2.91. The number of rotatable bonds is 9. The summed E-state index contributed by atoms with van der Waals surface area (Å²) in [7, 11) is 1.58. The summed E-state index contributed by atoms with van der Waals surface area (Å²) in [6.07, 6.45) is -3.09. The van der Waals surface area contributed by atoms with E-state index in [2.05, 4.69) is 10.1 Å². The maximum absolute atomic E-state index is 15.3. The largest absolute Gasteiger partial charge is 0.573 e. The van der Waals surface area contributed by atoms with E-state index in [0.29, 0.717) is 57.7 Å². The highest BCUT2D eigenvalue weighted by atomic mass is 19.4. The van der Waals surface area contributed by atoms with E-state index < -0.39 is 35.3 Å².